The maximum atomic E-state index is 13.4. The van der Waals surface area contributed by atoms with Gasteiger partial charge in [-0.2, -0.15) is 0 Å². The Bertz CT molecular complexity index is 1040. The van der Waals surface area contributed by atoms with Crippen LogP contribution in [-0.2, 0) is 16.1 Å². The van der Waals surface area contributed by atoms with Gasteiger partial charge in [-0.05, 0) is 24.1 Å². The van der Waals surface area contributed by atoms with Crippen LogP contribution >= 0.6 is 0 Å². The second kappa shape index (κ2) is 8.89. The number of nitrogens with one attached hydrogen (secondary N) is 1. The molecule has 2 N–H and O–H groups in total. The lowest BCUT2D eigenvalue weighted by Gasteiger charge is -2.40. The fourth-order valence-corrected chi connectivity index (χ4v) is 4.16. The summed E-state index contributed by atoms with van der Waals surface area (Å²) < 4.78 is 0. The van der Waals surface area contributed by atoms with Crippen LogP contribution in [0, 0.1) is 16.0 Å². The highest BCUT2D eigenvalue weighted by Gasteiger charge is 2.53. The number of hydrogen-bond acceptors (Lipinski definition) is 7. The van der Waals surface area contributed by atoms with Crippen molar-refractivity contribution in [1.82, 2.24) is 9.91 Å². The fraction of sp³-hybridized carbons (Fsp3) is 0.304. The Labute approximate surface area is 185 Å². The van der Waals surface area contributed by atoms with Gasteiger partial charge in [-0.3, -0.25) is 24.6 Å². The number of rotatable bonds is 7. The highest BCUT2D eigenvalue weighted by atomic mass is 16.6. The Morgan fingerprint density at radius 1 is 1.06 bits per heavy atom. The number of likely N-dealkylation sites (tertiary alicyclic amines) is 1. The lowest BCUT2D eigenvalue weighted by Crippen LogP contribution is -2.57. The molecule has 2 aliphatic rings. The van der Waals surface area contributed by atoms with Gasteiger partial charge in [0.2, 0.25) is 11.8 Å². The van der Waals surface area contributed by atoms with Crippen LogP contribution in [0.3, 0.4) is 0 Å². The molecule has 2 aromatic rings. The molecule has 0 saturated carbocycles. The molecule has 32 heavy (non-hydrogen) atoms. The third kappa shape index (κ3) is 4.00. The molecule has 4 rings (SSSR count). The lowest BCUT2D eigenvalue weighted by molar-refractivity contribution is -0.384. The predicted molar refractivity (Wildman–Crippen MR) is 117 cm³/mol. The third-order valence-corrected chi connectivity index (χ3v) is 5.88. The van der Waals surface area contributed by atoms with Gasteiger partial charge >= 0.3 is 0 Å². The topological polar surface area (TPSA) is 116 Å². The van der Waals surface area contributed by atoms with Crippen molar-refractivity contribution in [2.24, 2.45) is 5.92 Å². The first kappa shape index (κ1) is 21.7. The number of anilines is 1. The summed E-state index contributed by atoms with van der Waals surface area (Å²) in [6, 6.07) is 13.7. The molecule has 0 bridgehead atoms. The van der Waals surface area contributed by atoms with E-state index in [2.05, 4.69) is 5.43 Å². The van der Waals surface area contributed by atoms with Gasteiger partial charge in [-0.15, -0.1) is 0 Å². The Kier molecular flexibility index (Phi) is 6.02. The first-order valence-corrected chi connectivity index (χ1v) is 10.5. The number of carbonyl (C=O) groups is 2. The van der Waals surface area contributed by atoms with Crippen LogP contribution in [-0.4, -0.2) is 49.9 Å². The fourth-order valence-electron chi connectivity index (χ4n) is 4.16. The number of aliphatic hydroxyl groups excluding tert-OH is 1. The van der Waals surface area contributed by atoms with E-state index in [1.54, 1.807) is 17.2 Å². The lowest BCUT2D eigenvalue weighted by atomic mass is 9.92. The van der Waals surface area contributed by atoms with E-state index in [4.69, 9.17) is 0 Å². The van der Waals surface area contributed by atoms with Crippen molar-refractivity contribution in [3.8, 4) is 0 Å². The molecule has 0 spiro atoms. The molecule has 9 heteroatoms. The summed E-state index contributed by atoms with van der Waals surface area (Å²) in [6.45, 7) is 2.00. The van der Waals surface area contributed by atoms with E-state index >= 15 is 0 Å². The number of hydrogen-bond donors (Lipinski definition) is 2. The summed E-state index contributed by atoms with van der Waals surface area (Å²) in [7, 11) is 0. The average molecular weight is 436 g/mol. The molecule has 2 aromatic carbocycles. The maximum Gasteiger partial charge on any atom is 0.269 e. The highest BCUT2D eigenvalue weighted by Crippen LogP contribution is 2.34. The molecule has 4 atom stereocenters. The molecule has 1 fully saturated rings. The van der Waals surface area contributed by atoms with E-state index in [-0.39, 0.29) is 24.0 Å². The van der Waals surface area contributed by atoms with E-state index in [1.807, 2.05) is 37.3 Å². The van der Waals surface area contributed by atoms with Crippen molar-refractivity contribution in [2.45, 2.75) is 38.1 Å². The zero-order chi connectivity index (χ0) is 22.8. The van der Waals surface area contributed by atoms with Crippen LogP contribution in [0.15, 0.2) is 66.7 Å². The van der Waals surface area contributed by atoms with E-state index < -0.39 is 29.0 Å². The Balaban J connectivity index is 1.64. The molecule has 0 aliphatic carbocycles. The number of hydrazine groups is 1. The summed E-state index contributed by atoms with van der Waals surface area (Å²) in [5.41, 5.74) is 4.42. The number of aliphatic hydroxyl groups is 1. The number of nitro groups is 1. The minimum atomic E-state index is -0.836. The van der Waals surface area contributed by atoms with Gasteiger partial charge in [0.15, 0.2) is 0 Å². The standard InChI is InChI=1S/C23H24N4O5/c1-2-20(28)19-13-12-18-21(26(19)24-16-8-10-17(11-9-16)27(31)32)23(30)25(22(18)29)14-15-6-4-3-5-7-15/h3-13,18-21,24,28H,2,14H2,1H3/t18-,19-,20-,21+/m1/s1. The smallest absolute Gasteiger partial charge is 0.269 e. The molecule has 9 nitrogen and oxygen atoms in total. The molecule has 2 amide bonds. The molecule has 166 valence electrons. The van der Waals surface area contributed by atoms with Gasteiger partial charge < -0.3 is 10.5 Å². The minimum absolute atomic E-state index is 0.0572. The normalized spacial score (nSPS) is 23.8. The van der Waals surface area contributed by atoms with Crippen LogP contribution in [0.1, 0.15) is 18.9 Å². The second-order valence-corrected chi connectivity index (χ2v) is 7.89. The van der Waals surface area contributed by atoms with Gasteiger partial charge in [0.25, 0.3) is 5.69 Å². The number of amides is 2. The molecule has 0 unspecified atom stereocenters. The molecule has 2 heterocycles. The van der Waals surface area contributed by atoms with Gasteiger partial charge in [-0.25, -0.2) is 5.01 Å². The van der Waals surface area contributed by atoms with E-state index in [0.29, 0.717) is 12.1 Å². The number of benzene rings is 2. The monoisotopic (exact) mass is 436 g/mol. The number of carbonyl (C=O) groups excluding carboxylic acids is 2. The summed E-state index contributed by atoms with van der Waals surface area (Å²) in [5.74, 6) is -1.33. The average Bonchev–Trinajstić information content (AvgIpc) is 3.05. The predicted octanol–water partition coefficient (Wildman–Crippen LogP) is 2.49. The molecular formula is C23H24N4O5. The first-order chi connectivity index (χ1) is 15.4. The molecule has 2 aliphatic heterocycles. The van der Waals surface area contributed by atoms with Crippen molar-refractivity contribution in [3.05, 3.63) is 82.4 Å². The van der Waals surface area contributed by atoms with Gasteiger partial charge in [0.1, 0.15) is 6.04 Å². The Hall–Kier alpha value is -3.56. The Morgan fingerprint density at radius 3 is 2.38 bits per heavy atom. The van der Waals surface area contributed by atoms with E-state index in [1.165, 1.54) is 29.2 Å². The van der Waals surface area contributed by atoms with E-state index in [9.17, 15) is 24.8 Å². The molecule has 0 radical (unpaired) electrons. The van der Waals surface area contributed by atoms with Crippen molar-refractivity contribution in [3.63, 3.8) is 0 Å². The summed E-state index contributed by atoms with van der Waals surface area (Å²) in [5, 5.41) is 23.1. The molecular weight excluding hydrogens is 412 g/mol. The SMILES string of the molecule is CC[C@@H](O)[C@H]1C=C[C@H]2C(=O)N(Cc3ccccc3)C(=O)[C@H]2N1Nc1ccc([N+](=O)[O-])cc1. The number of nitrogens with zero attached hydrogens (tertiary/aromatic N) is 3. The zero-order valence-corrected chi connectivity index (χ0v) is 17.5. The highest BCUT2D eigenvalue weighted by molar-refractivity contribution is 6.08. The van der Waals surface area contributed by atoms with Crippen LogP contribution in [0.2, 0.25) is 0 Å². The number of imide groups is 1. The number of fused-ring (bicyclic) bond motifs is 1. The molecule has 1 saturated heterocycles. The van der Waals surface area contributed by atoms with Gasteiger partial charge in [0, 0.05) is 17.8 Å². The van der Waals surface area contributed by atoms with Crippen molar-refractivity contribution < 1.29 is 19.6 Å². The first-order valence-electron chi connectivity index (χ1n) is 10.5. The number of nitro benzene ring substituents is 1. The van der Waals surface area contributed by atoms with Gasteiger partial charge in [0.05, 0.1) is 29.5 Å². The van der Waals surface area contributed by atoms with Crippen molar-refractivity contribution >= 4 is 23.2 Å². The van der Waals surface area contributed by atoms with Crippen LogP contribution < -0.4 is 5.43 Å². The summed E-state index contributed by atoms with van der Waals surface area (Å²) in [4.78, 5) is 38.2. The van der Waals surface area contributed by atoms with Crippen molar-refractivity contribution in [2.75, 3.05) is 5.43 Å². The van der Waals surface area contributed by atoms with Gasteiger partial charge in [-0.1, -0.05) is 49.4 Å². The zero-order valence-electron chi connectivity index (χ0n) is 17.5. The van der Waals surface area contributed by atoms with Crippen LogP contribution in [0.25, 0.3) is 0 Å². The van der Waals surface area contributed by atoms with Crippen molar-refractivity contribution in [1.29, 1.82) is 0 Å². The van der Waals surface area contributed by atoms with Crippen LogP contribution in [0.5, 0.6) is 0 Å². The maximum absolute atomic E-state index is 13.4. The van der Waals surface area contributed by atoms with Crippen LogP contribution in [0.4, 0.5) is 11.4 Å². The third-order valence-electron chi connectivity index (χ3n) is 5.88. The Morgan fingerprint density at radius 2 is 1.75 bits per heavy atom. The largest absolute Gasteiger partial charge is 0.391 e. The second-order valence-electron chi connectivity index (χ2n) is 7.89. The minimum Gasteiger partial charge on any atom is -0.391 e. The quantitative estimate of drug-likeness (QED) is 0.296. The number of non-ortho nitro benzene ring substituents is 1. The summed E-state index contributed by atoms with van der Waals surface area (Å²) >= 11 is 0. The summed E-state index contributed by atoms with van der Waals surface area (Å²) in [6.07, 6.45) is 3.11. The van der Waals surface area contributed by atoms with E-state index in [0.717, 1.165) is 5.56 Å². The molecule has 0 aromatic heterocycles.